The Morgan fingerprint density at radius 1 is 0.833 bits per heavy atom. The molecule has 0 saturated carbocycles. The van der Waals surface area contributed by atoms with E-state index in [1.54, 1.807) is 18.2 Å². The van der Waals surface area contributed by atoms with Crippen LogP contribution in [0.1, 0.15) is 6.92 Å². The molecule has 0 saturated heterocycles. The summed E-state index contributed by atoms with van der Waals surface area (Å²) < 4.78 is 107. The highest BCUT2D eigenvalue weighted by atomic mass is 32.2. The van der Waals surface area contributed by atoms with Gasteiger partial charge in [0.1, 0.15) is 32.3 Å². The van der Waals surface area contributed by atoms with Crippen molar-refractivity contribution in [1.82, 2.24) is 15.0 Å². The molecule has 5 rings (SSSR count). The number of methoxy groups -OCH3 is 1. The molecule has 18 nitrogen and oxygen atoms in total. The maximum absolute atomic E-state index is 12.9. The molecule has 1 aromatic heterocycles. The number of hydrogen-bond acceptors (Lipinski definition) is 13. The fourth-order valence-corrected chi connectivity index (χ4v) is 6.33. The van der Waals surface area contributed by atoms with Gasteiger partial charge < -0.3 is 10.1 Å². The molecule has 1 heterocycles. The molecule has 1 amide bonds. The molecule has 0 radical (unpaired) electrons. The minimum atomic E-state index is -5.07. The van der Waals surface area contributed by atoms with Gasteiger partial charge in [-0.05, 0) is 60.8 Å². The third kappa shape index (κ3) is 6.90. The van der Waals surface area contributed by atoms with Gasteiger partial charge in [0, 0.05) is 5.39 Å². The number of benzene rings is 4. The first-order valence-electron chi connectivity index (χ1n) is 13.1. The number of nitrogens with one attached hydrogen (secondary N) is 1. The Morgan fingerprint density at radius 2 is 1.50 bits per heavy atom. The number of carbonyl (C=O) groups is 2. The Kier molecular flexibility index (Phi) is 8.85. The number of ether oxygens (including phenoxy) is 1. The zero-order valence-corrected chi connectivity index (χ0v) is 26.9. The number of fused-ring (bicyclic) bond motifs is 3. The number of nitrogens with zero attached hydrogens (tertiary/aromatic N) is 5. The summed E-state index contributed by atoms with van der Waals surface area (Å²) in [6.45, 7) is 1.06. The van der Waals surface area contributed by atoms with E-state index < -0.39 is 74.0 Å². The summed E-state index contributed by atoms with van der Waals surface area (Å²) in [6, 6.07) is 11.7. The molecule has 0 aliphatic carbocycles. The molecule has 1 atom stereocenters. The molecule has 4 N–H and O–H groups in total. The number of Topliss-reactive ketones (excluding diaryl/α,β-unsaturated/α-hetero) is 1. The van der Waals surface area contributed by atoms with E-state index in [4.69, 9.17) is 4.74 Å². The molecule has 5 aromatic rings. The van der Waals surface area contributed by atoms with E-state index in [2.05, 4.69) is 25.7 Å². The molecule has 1 unspecified atom stereocenters. The summed E-state index contributed by atoms with van der Waals surface area (Å²) in [5, 5.41) is 18.2. The lowest BCUT2D eigenvalue weighted by Gasteiger charge is -2.12. The highest BCUT2D eigenvalue weighted by molar-refractivity contribution is 7.86. The van der Waals surface area contributed by atoms with Crippen LogP contribution >= 0.6 is 0 Å². The molecule has 0 bridgehead atoms. The zero-order chi connectivity index (χ0) is 35.2. The second-order valence-electron chi connectivity index (χ2n) is 9.94. The molecular formula is C27H22N6O12S3. The summed E-state index contributed by atoms with van der Waals surface area (Å²) in [4.78, 5) is 23.7. The van der Waals surface area contributed by atoms with Crippen molar-refractivity contribution in [2.24, 2.45) is 10.2 Å². The minimum Gasteiger partial charge on any atom is -0.495 e. The first-order chi connectivity index (χ1) is 22.4. The van der Waals surface area contributed by atoms with Crippen LogP contribution in [0, 0.1) is 0 Å². The first kappa shape index (κ1) is 34.2. The van der Waals surface area contributed by atoms with E-state index in [9.17, 15) is 48.5 Å². The normalized spacial score (nSPS) is 13.2. The Balaban J connectivity index is 1.59. The predicted octanol–water partition coefficient (Wildman–Crippen LogP) is 3.00. The maximum atomic E-state index is 12.9. The van der Waals surface area contributed by atoms with Crippen molar-refractivity contribution < 1.29 is 53.2 Å². The van der Waals surface area contributed by atoms with E-state index >= 15 is 0 Å². The van der Waals surface area contributed by atoms with Crippen LogP contribution in [0.5, 0.6) is 5.75 Å². The van der Waals surface area contributed by atoms with Gasteiger partial charge in [-0.3, -0.25) is 23.2 Å². The second-order valence-corrected chi connectivity index (χ2v) is 14.1. The van der Waals surface area contributed by atoms with Crippen molar-refractivity contribution in [1.29, 1.82) is 0 Å². The molecule has 0 aliphatic rings. The molecule has 0 spiro atoms. The molecule has 250 valence electrons. The number of hydrogen-bond donors (Lipinski definition) is 4. The van der Waals surface area contributed by atoms with Gasteiger partial charge in [0.05, 0.1) is 23.4 Å². The third-order valence-corrected chi connectivity index (χ3v) is 9.32. The average Bonchev–Trinajstić information content (AvgIpc) is 3.45. The van der Waals surface area contributed by atoms with Gasteiger partial charge in [-0.15, -0.1) is 10.2 Å². The standard InChI is InChI=1S/C27H22N6O12S3/c1-14(34)24(27(35)28-19-5-3-4-6-21(19)45-2)30-29-20-10-7-16(13-22(20)47(39,40)41)33-31-25-18-9-8-17(46(36,37)38)11-15(18)12-23(26(25)32-33)48(42,43)44/h3-13,24H,1-2H3,(H,28,35)(H,36,37,38)(H,39,40,41)(H,42,43,44). The Hall–Kier alpha value is -5.19. The van der Waals surface area contributed by atoms with E-state index in [0.29, 0.717) is 0 Å². The molecule has 48 heavy (non-hydrogen) atoms. The smallest absolute Gasteiger partial charge is 0.296 e. The van der Waals surface area contributed by atoms with Crippen LogP contribution in [0.25, 0.3) is 27.5 Å². The SMILES string of the molecule is COc1ccccc1NC(=O)C(N=Nc1ccc(-n2nc3c(S(=O)(=O)O)cc4cc(S(=O)(=O)O)ccc4c3n2)cc1S(=O)(=O)O)C(C)=O. The maximum Gasteiger partial charge on any atom is 0.296 e. The number of aromatic nitrogens is 3. The van der Waals surface area contributed by atoms with Crippen molar-refractivity contribution in [2.75, 3.05) is 12.4 Å². The molecule has 0 fully saturated rings. The van der Waals surface area contributed by atoms with E-state index in [1.165, 1.54) is 25.3 Å². The number of rotatable bonds is 10. The summed E-state index contributed by atoms with van der Waals surface area (Å²) in [5.41, 5.74) is -1.04. The van der Waals surface area contributed by atoms with Gasteiger partial charge in [0.25, 0.3) is 36.3 Å². The van der Waals surface area contributed by atoms with Gasteiger partial charge in [-0.25, -0.2) is 0 Å². The van der Waals surface area contributed by atoms with Crippen LogP contribution in [0.3, 0.4) is 0 Å². The summed E-state index contributed by atoms with van der Waals surface area (Å²) in [6.07, 6.45) is 0. The number of anilines is 1. The fraction of sp³-hybridized carbons (Fsp3) is 0.111. The van der Waals surface area contributed by atoms with E-state index in [1.807, 2.05) is 0 Å². The van der Waals surface area contributed by atoms with Crippen LogP contribution in [0.2, 0.25) is 0 Å². The fourth-order valence-electron chi connectivity index (χ4n) is 4.52. The predicted molar refractivity (Wildman–Crippen MR) is 166 cm³/mol. The number of amides is 1. The van der Waals surface area contributed by atoms with Gasteiger partial charge >= 0.3 is 0 Å². The number of carbonyl (C=O) groups excluding carboxylic acids is 2. The van der Waals surface area contributed by atoms with Crippen LogP contribution in [-0.2, 0) is 39.9 Å². The van der Waals surface area contributed by atoms with Crippen LogP contribution in [-0.4, -0.2) is 78.7 Å². The molecule has 0 aliphatic heterocycles. The largest absolute Gasteiger partial charge is 0.495 e. The summed E-state index contributed by atoms with van der Waals surface area (Å²) >= 11 is 0. The lowest BCUT2D eigenvalue weighted by Crippen LogP contribution is -2.32. The highest BCUT2D eigenvalue weighted by Crippen LogP contribution is 2.33. The van der Waals surface area contributed by atoms with Crippen molar-refractivity contribution in [3.05, 3.63) is 66.7 Å². The highest BCUT2D eigenvalue weighted by Gasteiger charge is 2.26. The topological polar surface area (TPSA) is 274 Å². The number of para-hydroxylation sites is 2. The van der Waals surface area contributed by atoms with Crippen LogP contribution in [0.4, 0.5) is 11.4 Å². The average molecular weight is 719 g/mol. The molecule has 21 heteroatoms. The third-order valence-electron chi connectivity index (χ3n) is 6.72. The Bertz CT molecular complexity index is 2510. The summed E-state index contributed by atoms with van der Waals surface area (Å²) in [5.74, 6) is -1.39. The first-order valence-corrected chi connectivity index (χ1v) is 17.5. The van der Waals surface area contributed by atoms with E-state index in [0.717, 1.165) is 42.1 Å². The van der Waals surface area contributed by atoms with E-state index in [-0.39, 0.29) is 33.4 Å². The number of ketones is 1. The van der Waals surface area contributed by atoms with Crippen molar-refractivity contribution in [3.8, 4) is 11.4 Å². The quantitative estimate of drug-likeness (QED) is 0.0918. The lowest BCUT2D eigenvalue weighted by atomic mass is 10.1. The zero-order valence-electron chi connectivity index (χ0n) is 24.4. The van der Waals surface area contributed by atoms with Crippen molar-refractivity contribution in [2.45, 2.75) is 27.7 Å². The second kappa shape index (κ2) is 12.4. The summed E-state index contributed by atoms with van der Waals surface area (Å²) in [7, 11) is -13.4. The Morgan fingerprint density at radius 3 is 2.12 bits per heavy atom. The van der Waals surface area contributed by atoms with Crippen molar-refractivity contribution in [3.63, 3.8) is 0 Å². The van der Waals surface area contributed by atoms with Gasteiger partial charge in [0.15, 0.2) is 5.78 Å². The Labute approximate surface area is 271 Å². The molecular weight excluding hydrogens is 697 g/mol. The van der Waals surface area contributed by atoms with Gasteiger partial charge in [-0.2, -0.15) is 40.3 Å². The number of azo groups is 1. The van der Waals surface area contributed by atoms with Gasteiger partial charge in [-0.1, -0.05) is 18.2 Å². The lowest BCUT2D eigenvalue weighted by molar-refractivity contribution is -0.126. The minimum absolute atomic E-state index is 0.0681. The monoisotopic (exact) mass is 718 g/mol. The van der Waals surface area contributed by atoms with Crippen LogP contribution < -0.4 is 10.1 Å². The van der Waals surface area contributed by atoms with Gasteiger partial charge in [0.2, 0.25) is 6.04 Å². The molecule has 4 aromatic carbocycles. The van der Waals surface area contributed by atoms with Crippen molar-refractivity contribution >= 4 is 75.2 Å². The van der Waals surface area contributed by atoms with Crippen LogP contribution in [0.15, 0.2) is 91.6 Å².